The van der Waals surface area contributed by atoms with Gasteiger partial charge in [-0.15, -0.1) is 0 Å². The maximum absolute atomic E-state index is 12.0. The highest BCUT2D eigenvalue weighted by Gasteiger charge is 2.12. The number of nitrogens with zero attached hydrogens (tertiary/aromatic N) is 1. The molecule has 2 aromatic rings. The van der Waals surface area contributed by atoms with Gasteiger partial charge in [0, 0.05) is 12.1 Å². The summed E-state index contributed by atoms with van der Waals surface area (Å²) in [5.74, 6) is 1.71. The topological polar surface area (TPSA) is 78.9 Å². The largest absolute Gasteiger partial charge is 0.493 e. The van der Waals surface area contributed by atoms with Crippen LogP contribution in [0.2, 0.25) is 0 Å². The lowest BCUT2D eigenvalue weighted by molar-refractivity contribution is -0.111. The first-order chi connectivity index (χ1) is 12.1. The summed E-state index contributed by atoms with van der Waals surface area (Å²) >= 11 is 0. The Morgan fingerprint density at radius 2 is 1.68 bits per heavy atom. The Morgan fingerprint density at radius 1 is 1.00 bits per heavy atom. The Labute approximate surface area is 146 Å². The summed E-state index contributed by atoms with van der Waals surface area (Å²) in [7, 11) is 6.13. The van der Waals surface area contributed by atoms with E-state index in [0.29, 0.717) is 28.8 Å². The SMILES string of the molecule is COc1ccc(NC(=O)/C=C/c2cc(OC)c(OC)c(OC)c2)cn1. The van der Waals surface area contributed by atoms with Gasteiger partial charge in [-0.2, -0.15) is 0 Å². The van der Waals surface area contributed by atoms with E-state index in [1.807, 2.05) is 0 Å². The number of hydrogen-bond acceptors (Lipinski definition) is 6. The molecule has 0 spiro atoms. The lowest BCUT2D eigenvalue weighted by Crippen LogP contribution is -2.08. The van der Waals surface area contributed by atoms with Crippen LogP contribution in [0.4, 0.5) is 5.69 Å². The van der Waals surface area contributed by atoms with E-state index < -0.39 is 0 Å². The molecule has 1 amide bonds. The molecule has 0 unspecified atom stereocenters. The number of anilines is 1. The van der Waals surface area contributed by atoms with Gasteiger partial charge in [-0.3, -0.25) is 4.79 Å². The van der Waals surface area contributed by atoms with Gasteiger partial charge < -0.3 is 24.3 Å². The van der Waals surface area contributed by atoms with E-state index in [2.05, 4.69) is 10.3 Å². The fourth-order valence-electron chi connectivity index (χ4n) is 2.13. The minimum Gasteiger partial charge on any atom is -0.493 e. The average Bonchev–Trinajstić information content (AvgIpc) is 2.65. The van der Waals surface area contributed by atoms with Gasteiger partial charge in [0.15, 0.2) is 11.5 Å². The molecule has 0 radical (unpaired) electrons. The van der Waals surface area contributed by atoms with Crippen molar-refractivity contribution in [3.63, 3.8) is 0 Å². The third kappa shape index (κ3) is 4.63. The van der Waals surface area contributed by atoms with E-state index in [9.17, 15) is 4.79 Å². The summed E-state index contributed by atoms with van der Waals surface area (Å²) in [6, 6.07) is 6.87. The van der Waals surface area contributed by atoms with E-state index in [1.165, 1.54) is 40.7 Å². The zero-order chi connectivity index (χ0) is 18.2. The molecule has 0 aliphatic rings. The van der Waals surface area contributed by atoms with E-state index in [1.54, 1.807) is 30.3 Å². The summed E-state index contributed by atoms with van der Waals surface area (Å²) in [6.45, 7) is 0. The maximum Gasteiger partial charge on any atom is 0.248 e. The van der Waals surface area contributed by atoms with Gasteiger partial charge in [-0.1, -0.05) is 0 Å². The number of rotatable bonds is 7. The predicted octanol–water partition coefficient (Wildman–Crippen LogP) is 2.77. The van der Waals surface area contributed by atoms with Crippen LogP contribution < -0.4 is 24.3 Å². The lowest BCUT2D eigenvalue weighted by atomic mass is 10.1. The van der Waals surface area contributed by atoms with Crippen molar-refractivity contribution in [2.24, 2.45) is 0 Å². The number of ether oxygens (including phenoxy) is 4. The van der Waals surface area contributed by atoms with Gasteiger partial charge in [0.25, 0.3) is 0 Å². The smallest absolute Gasteiger partial charge is 0.248 e. The fourth-order valence-corrected chi connectivity index (χ4v) is 2.13. The molecule has 1 aromatic heterocycles. The zero-order valence-corrected chi connectivity index (χ0v) is 14.5. The average molecular weight is 344 g/mol. The first-order valence-corrected chi connectivity index (χ1v) is 7.40. The number of nitrogens with one attached hydrogen (secondary N) is 1. The van der Waals surface area contributed by atoms with Gasteiger partial charge in [0.05, 0.1) is 40.3 Å². The Bertz CT molecular complexity index is 732. The first kappa shape index (κ1) is 18.1. The van der Waals surface area contributed by atoms with Crippen LogP contribution in [-0.4, -0.2) is 39.3 Å². The molecule has 0 aliphatic heterocycles. The molecule has 25 heavy (non-hydrogen) atoms. The molecule has 7 heteroatoms. The molecule has 132 valence electrons. The van der Waals surface area contributed by atoms with Crippen molar-refractivity contribution < 1.29 is 23.7 Å². The minimum absolute atomic E-state index is 0.291. The Morgan fingerprint density at radius 3 is 2.16 bits per heavy atom. The Hall–Kier alpha value is -3.22. The molecule has 1 heterocycles. The van der Waals surface area contributed by atoms with Crippen LogP contribution in [0.25, 0.3) is 6.08 Å². The summed E-state index contributed by atoms with van der Waals surface area (Å²) in [6.07, 6.45) is 4.58. The summed E-state index contributed by atoms with van der Waals surface area (Å²) in [4.78, 5) is 16.1. The lowest BCUT2D eigenvalue weighted by Gasteiger charge is -2.12. The van der Waals surface area contributed by atoms with E-state index in [4.69, 9.17) is 18.9 Å². The number of carbonyl (C=O) groups is 1. The number of methoxy groups -OCH3 is 4. The molecule has 2 rings (SSSR count). The van der Waals surface area contributed by atoms with Crippen molar-refractivity contribution in [3.8, 4) is 23.1 Å². The van der Waals surface area contributed by atoms with Crippen LogP contribution in [0.3, 0.4) is 0 Å². The quantitative estimate of drug-likeness (QED) is 0.778. The molecule has 0 bridgehead atoms. The predicted molar refractivity (Wildman–Crippen MR) is 94.6 cm³/mol. The van der Waals surface area contributed by atoms with Crippen molar-refractivity contribution in [2.75, 3.05) is 33.8 Å². The number of aromatic nitrogens is 1. The Balaban J connectivity index is 2.13. The fraction of sp³-hybridized carbons (Fsp3) is 0.222. The number of hydrogen-bond donors (Lipinski definition) is 1. The summed E-state index contributed by atoms with van der Waals surface area (Å²) in [5.41, 5.74) is 1.30. The molecular formula is C18H20N2O5. The highest BCUT2D eigenvalue weighted by atomic mass is 16.5. The van der Waals surface area contributed by atoms with Crippen LogP contribution in [0.15, 0.2) is 36.5 Å². The van der Waals surface area contributed by atoms with Crippen LogP contribution in [0.5, 0.6) is 23.1 Å². The highest BCUT2D eigenvalue weighted by molar-refractivity contribution is 6.01. The van der Waals surface area contributed by atoms with Crippen molar-refractivity contribution in [1.82, 2.24) is 4.98 Å². The van der Waals surface area contributed by atoms with Gasteiger partial charge in [0.1, 0.15) is 0 Å². The van der Waals surface area contributed by atoms with Crippen molar-refractivity contribution in [2.45, 2.75) is 0 Å². The molecule has 1 aromatic carbocycles. The monoisotopic (exact) mass is 344 g/mol. The molecule has 0 saturated heterocycles. The van der Waals surface area contributed by atoms with Crippen LogP contribution in [0, 0.1) is 0 Å². The van der Waals surface area contributed by atoms with Crippen LogP contribution in [0.1, 0.15) is 5.56 Å². The second-order valence-electron chi connectivity index (χ2n) is 4.87. The number of pyridine rings is 1. The second kappa shape index (κ2) is 8.58. The standard InChI is InChI=1S/C18H20N2O5/c1-22-14-9-12(10-15(23-2)18(14)25-4)5-7-16(21)20-13-6-8-17(24-3)19-11-13/h5-11H,1-4H3,(H,20,21)/b7-5+. The molecule has 1 N–H and O–H groups in total. The van der Waals surface area contributed by atoms with E-state index in [-0.39, 0.29) is 5.91 Å². The van der Waals surface area contributed by atoms with Gasteiger partial charge in [0.2, 0.25) is 17.5 Å². The molecule has 0 fully saturated rings. The first-order valence-electron chi connectivity index (χ1n) is 7.40. The third-order valence-corrected chi connectivity index (χ3v) is 3.33. The van der Waals surface area contributed by atoms with Crippen LogP contribution >= 0.6 is 0 Å². The highest BCUT2D eigenvalue weighted by Crippen LogP contribution is 2.38. The molecule has 0 aliphatic carbocycles. The van der Waals surface area contributed by atoms with Crippen LogP contribution in [-0.2, 0) is 4.79 Å². The molecule has 0 atom stereocenters. The number of benzene rings is 1. The molecule has 7 nitrogen and oxygen atoms in total. The second-order valence-corrected chi connectivity index (χ2v) is 4.87. The zero-order valence-electron chi connectivity index (χ0n) is 14.5. The Kier molecular flexibility index (Phi) is 6.22. The molecular weight excluding hydrogens is 324 g/mol. The maximum atomic E-state index is 12.0. The third-order valence-electron chi connectivity index (χ3n) is 3.33. The van der Waals surface area contributed by atoms with E-state index >= 15 is 0 Å². The van der Waals surface area contributed by atoms with E-state index in [0.717, 1.165) is 5.56 Å². The van der Waals surface area contributed by atoms with Gasteiger partial charge in [-0.05, 0) is 29.8 Å². The minimum atomic E-state index is -0.291. The van der Waals surface area contributed by atoms with Crippen molar-refractivity contribution in [3.05, 3.63) is 42.1 Å². The van der Waals surface area contributed by atoms with Crippen molar-refractivity contribution >= 4 is 17.7 Å². The van der Waals surface area contributed by atoms with Gasteiger partial charge in [-0.25, -0.2) is 4.98 Å². The molecule has 0 saturated carbocycles. The van der Waals surface area contributed by atoms with Gasteiger partial charge >= 0.3 is 0 Å². The summed E-state index contributed by atoms with van der Waals surface area (Å²) < 4.78 is 20.8. The number of carbonyl (C=O) groups excluding carboxylic acids is 1. The normalized spacial score (nSPS) is 10.4. The van der Waals surface area contributed by atoms with Crippen molar-refractivity contribution in [1.29, 1.82) is 0 Å². The summed E-state index contributed by atoms with van der Waals surface area (Å²) in [5, 5.41) is 2.71. The number of amides is 1.